The Kier molecular flexibility index (Phi) is 5.29. The molecule has 3 rings (SSSR count). The lowest BCUT2D eigenvalue weighted by Crippen LogP contribution is -2.34. The number of sulfonamides is 1. The van der Waals surface area contributed by atoms with E-state index in [1.165, 1.54) is 22.6 Å². The standard InChI is InChI=1S/C17H22FN3O4S/c1-3-11(6-18)10-25-15-5-4-12(7-20-15)26(23,24)21-8-13-14(9-21)16(13)17(22)19-2/h4-7,13-14,16H,3,8-10H2,1-2H3,(H,19,22)/b11-6+/t13-,14+,16?. The Balaban J connectivity index is 1.62. The highest BCUT2D eigenvalue weighted by Crippen LogP contribution is 2.52. The Morgan fingerprint density at radius 3 is 2.62 bits per heavy atom. The fourth-order valence-corrected chi connectivity index (χ4v) is 4.83. The number of aromatic nitrogens is 1. The van der Waals surface area contributed by atoms with Crippen LogP contribution in [0.15, 0.2) is 35.1 Å². The summed E-state index contributed by atoms with van der Waals surface area (Å²) in [7, 11) is -2.05. The maximum Gasteiger partial charge on any atom is 0.244 e. The van der Waals surface area contributed by atoms with Gasteiger partial charge in [0.1, 0.15) is 11.5 Å². The molecule has 26 heavy (non-hydrogen) atoms. The Bertz CT molecular complexity index is 798. The average molecular weight is 383 g/mol. The molecule has 1 aliphatic heterocycles. The van der Waals surface area contributed by atoms with Crippen LogP contribution in [0.5, 0.6) is 5.88 Å². The summed E-state index contributed by atoms with van der Waals surface area (Å²) in [6, 6.07) is 2.89. The molecule has 1 amide bonds. The number of rotatable bonds is 7. The van der Waals surface area contributed by atoms with Gasteiger partial charge < -0.3 is 10.1 Å². The van der Waals surface area contributed by atoms with E-state index in [-0.39, 0.29) is 41.0 Å². The number of carbonyl (C=O) groups is 1. The minimum Gasteiger partial charge on any atom is -0.473 e. The molecule has 2 heterocycles. The molecule has 2 aliphatic rings. The Morgan fingerprint density at radius 2 is 2.12 bits per heavy atom. The van der Waals surface area contributed by atoms with Crippen LogP contribution in [0.4, 0.5) is 4.39 Å². The number of nitrogens with one attached hydrogen (secondary N) is 1. The molecule has 1 saturated carbocycles. The van der Waals surface area contributed by atoms with Crippen molar-refractivity contribution in [2.24, 2.45) is 17.8 Å². The first kappa shape index (κ1) is 18.8. The van der Waals surface area contributed by atoms with E-state index in [9.17, 15) is 17.6 Å². The van der Waals surface area contributed by atoms with Crippen LogP contribution in [0, 0.1) is 17.8 Å². The number of amides is 1. The van der Waals surface area contributed by atoms with Crippen molar-refractivity contribution in [1.82, 2.24) is 14.6 Å². The van der Waals surface area contributed by atoms with Crippen molar-refractivity contribution < 1.29 is 22.3 Å². The number of fused-ring (bicyclic) bond motifs is 1. The van der Waals surface area contributed by atoms with Crippen molar-refractivity contribution in [2.45, 2.75) is 18.2 Å². The Morgan fingerprint density at radius 1 is 1.42 bits per heavy atom. The molecule has 1 unspecified atom stereocenters. The molecule has 0 spiro atoms. The molecule has 7 nitrogen and oxygen atoms in total. The molecule has 3 atom stereocenters. The second kappa shape index (κ2) is 7.32. The normalized spacial score (nSPS) is 25.7. The highest BCUT2D eigenvalue weighted by molar-refractivity contribution is 7.89. The van der Waals surface area contributed by atoms with E-state index >= 15 is 0 Å². The summed E-state index contributed by atoms with van der Waals surface area (Å²) in [5, 5.41) is 2.62. The van der Waals surface area contributed by atoms with Crippen molar-refractivity contribution in [3.63, 3.8) is 0 Å². The third kappa shape index (κ3) is 3.45. The zero-order valence-electron chi connectivity index (χ0n) is 14.7. The SMILES string of the molecule is CC/C(=C\F)COc1ccc(S(=O)(=O)N2C[C@@H]3C(C(=O)NC)[C@@H]3C2)cn1. The molecule has 1 aromatic heterocycles. The number of hydrogen-bond acceptors (Lipinski definition) is 5. The van der Waals surface area contributed by atoms with E-state index in [4.69, 9.17) is 4.74 Å². The van der Waals surface area contributed by atoms with Crippen molar-refractivity contribution in [3.8, 4) is 5.88 Å². The lowest BCUT2D eigenvalue weighted by Gasteiger charge is -2.19. The van der Waals surface area contributed by atoms with Crippen molar-refractivity contribution in [3.05, 3.63) is 30.2 Å². The molecule has 1 aliphatic carbocycles. The van der Waals surface area contributed by atoms with Gasteiger partial charge in [0.15, 0.2) is 0 Å². The van der Waals surface area contributed by atoms with Gasteiger partial charge in [-0.15, -0.1) is 0 Å². The van der Waals surface area contributed by atoms with Gasteiger partial charge in [-0.05, 0) is 29.9 Å². The maximum absolute atomic E-state index is 12.7. The van der Waals surface area contributed by atoms with E-state index in [1.807, 2.05) is 6.92 Å². The van der Waals surface area contributed by atoms with Gasteiger partial charge >= 0.3 is 0 Å². The number of hydrogen-bond donors (Lipinski definition) is 1. The first-order valence-electron chi connectivity index (χ1n) is 8.51. The Hall–Kier alpha value is -2.00. The molecule has 0 radical (unpaired) electrons. The molecule has 0 aromatic carbocycles. The van der Waals surface area contributed by atoms with Crippen LogP contribution in [0.25, 0.3) is 0 Å². The fourth-order valence-electron chi connectivity index (χ4n) is 3.37. The number of nitrogens with zero attached hydrogens (tertiary/aromatic N) is 2. The molecular weight excluding hydrogens is 361 g/mol. The second-order valence-electron chi connectivity index (χ2n) is 6.53. The van der Waals surface area contributed by atoms with Gasteiger partial charge in [0.2, 0.25) is 21.8 Å². The van der Waals surface area contributed by atoms with Crippen LogP contribution >= 0.6 is 0 Å². The van der Waals surface area contributed by atoms with E-state index in [2.05, 4.69) is 10.3 Å². The van der Waals surface area contributed by atoms with E-state index < -0.39 is 10.0 Å². The lowest BCUT2D eigenvalue weighted by molar-refractivity contribution is -0.122. The van der Waals surface area contributed by atoms with Gasteiger partial charge in [-0.25, -0.2) is 17.8 Å². The molecule has 1 N–H and O–H groups in total. The average Bonchev–Trinajstić information content (AvgIpc) is 3.15. The zero-order valence-corrected chi connectivity index (χ0v) is 15.5. The van der Waals surface area contributed by atoms with E-state index in [1.54, 1.807) is 7.05 Å². The topological polar surface area (TPSA) is 88.6 Å². The first-order chi connectivity index (χ1) is 12.4. The summed E-state index contributed by atoms with van der Waals surface area (Å²) in [5.41, 5.74) is 0.491. The number of piperidine rings is 1. The quantitative estimate of drug-likeness (QED) is 0.768. The molecule has 142 valence electrons. The summed E-state index contributed by atoms with van der Waals surface area (Å²) in [6.07, 6.45) is 2.27. The number of ether oxygens (including phenoxy) is 1. The summed E-state index contributed by atoms with van der Waals surface area (Å²) >= 11 is 0. The van der Waals surface area contributed by atoms with Crippen molar-refractivity contribution >= 4 is 15.9 Å². The molecular formula is C17H22FN3O4S. The molecule has 0 bridgehead atoms. The van der Waals surface area contributed by atoms with Gasteiger partial charge in [-0.1, -0.05) is 6.92 Å². The van der Waals surface area contributed by atoms with Crippen LogP contribution in [0.1, 0.15) is 13.3 Å². The van der Waals surface area contributed by atoms with Crippen LogP contribution in [0.3, 0.4) is 0 Å². The van der Waals surface area contributed by atoms with Crippen molar-refractivity contribution in [2.75, 3.05) is 26.7 Å². The van der Waals surface area contributed by atoms with Crippen LogP contribution in [0.2, 0.25) is 0 Å². The number of pyridine rings is 1. The minimum absolute atomic E-state index is 0.0195. The first-order valence-corrected chi connectivity index (χ1v) is 9.95. The third-order valence-corrected chi connectivity index (χ3v) is 6.89. The smallest absolute Gasteiger partial charge is 0.244 e. The third-order valence-electron chi connectivity index (χ3n) is 5.07. The molecule has 1 saturated heterocycles. The zero-order chi connectivity index (χ0) is 18.9. The number of carbonyl (C=O) groups excluding carboxylic acids is 1. The molecule has 9 heteroatoms. The molecule has 2 fully saturated rings. The van der Waals surface area contributed by atoms with Crippen LogP contribution in [-0.2, 0) is 14.8 Å². The lowest BCUT2D eigenvalue weighted by atomic mass is 10.2. The van der Waals surface area contributed by atoms with Crippen LogP contribution < -0.4 is 10.1 Å². The summed E-state index contributed by atoms with van der Waals surface area (Å²) in [6.45, 7) is 2.59. The van der Waals surface area contributed by atoms with Gasteiger partial charge in [-0.2, -0.15) is 4.31 Å². The highest BCUT2D eigenvalue weighted by Gasteiger charge is 2.61. The fraction of sp³-hybridized carbons (Fsp3) is 0.529. The highest BCUT2D eigenvalue weighted by atomic mass is 32.2. The summed E-state index contributed by atoms with van der Waals surface area (Å²) in [5.74, 6) is 0.340. The number of halogens is 1. The molecule has 1 aromatic rings. The van der Waals surface area contributed by atoms with Gasteiger partial charge in [0, 0.05) is 32.1 Å². The second-order valence-corrected chi connectivity index (χ2v) is 8.47. The Labute approximate surface area is 152 Å². The van der Waals surface area contributed by atoms with Crippen molar-refractivity contribution in [1.29, 1.82) is 0 Å². The predicted octanol–water partition coefficient (Wildman–Crippen LogP) is 1.34. The van der Waals surface area contributed by atoms with E-state index in [0.29, 0.717) is 31.4 Å². The minimum atomic E-state index is -3.64. The van der Waals surface area contributed by atoms with E-state index in [0.717, 1.165) is 0 Å². The largest absolute Gasteiger partial charge is 0.473 e. The van der Waals surface area contributed by atoms with Crippen LogP contribution in [-0.4, -0.2) is 50.4 Å². The van der Waals surface area contributed by atoms with Gasteiger partial charge in [-0.3, -0.25) is 4.79 Å². The maximum atomic E-state index is 12.7. The monoisotopic (exact) mass is 383 g/mol. The van der Waals surface area contributed by atoms with Gasteiger partial charge in [0.05, 0.1) is 12.5 Å². The predicted molar refractivity (Wildman–Crippen MR) is 92.5 cm³/mol. The summed E-state index contributed by atoms with van der Waals surface area (Å²) in [4.78, 5) is 15.8. The van der Waals surface area contributed by atoms with Gasteiger partial charge in [0.25, 0.3) is 0 Å². The summed E-state index contributed by atoms with van der Waals surface area (Å²) < 4.78 is 44.7.